The lowest BCUT2D eigenvalue weighted by Crippen LogP contribution is -2.42. The Hall–Kier alpha value is -2.80. The van der Waals surface area contributed by atoms with E-state index >= 15 is 0 Å². The highest BCUT2D eigenvalue weighted by molar-refractivity contribution is 5.95. The van der Waals surface area contributed by atoms with Crippen molar-refractivity contribution in [2.45, 2.75) is 57.7 Å². The van der Waals surface area contributed by atoms with Gasteiger partial charge < -0.3 is 4.90 Å². The first kappa shape index (κ1) is 17.6. The summed E-state index contributed by atoms with van der Waals surface area (Å²) in [7, 11) is 0. The molecule has 2 aliphatic rings. The predicted molar refractivity (Wildman–Crippen MR) is 108 cm³/mol. The topological polar surface area (TPSA) is 36.4 Å². The van der Waals surface area contributed by atoms with Crippen molar-refractivity contribution in [1.82, 2.24) is 9.88 Å². The lowest BCUT2D eigenvalue weighted by atomic mass is 9.90. The van der Waals surface area contributed by atoms with Gasteiger partial charge in [0.15, 0.2) is 0 Å². The van der Waals surface area contributed by atoms with Crippen molar-refractivity contribution >= 4 is 11.8 Å². The van der Waals surface area contributed by atoms with Crippen molar-refractivity contribution in [1.29, 1.82) is 0 Å². The number of amides is 2. The van der Waals surface area contributed by atoms with E-state index in [4.69, 9.17) is 0 Å². The third kappa shape index (κ3) is 3.42. The van der Waals surface area contributed by atoms with Gasteiger partial charge in [0.25, 0.3) is 0 Å². The summed E-state index contributed by atoms with van der Waals surface area (Å²) >= 11 is 0. The zero-order chi connectivity index (χ0) is 18.8. The Kier molecular flexibility index (Phi) is 4.85. The molecule has 4 nitrogen and oxygen atoms in total. The number of carbonyl (C=O) groups is 1. The lowest BCUT2D eigenvalue weighted by molar-refractivity contribution is 0.169. The standard InChI is InChI=1S/C23H25N3O/c1-17(2)25-20-10-6-7-11-21(20)26(23(25)27)22-15-14-19(16-24-22)13-12-18-8-4-3-5-9-18/h3-5,8-9,14-17,20-21H,6-7,10-11H2,1-2H3. The van der Waals surface area contributed by atoms with Crippen LogP contribution in [0.1, 0.15) is 50.7 Å². The highest BCUT2D eigenvalue weighted by Gasteiger charge is 2.48. The maximum Gasteiger partial charge on any atom is 0.326 e. The largest absolute Gasteiger partial charge is 0.326 e. The smallest absolute Gasteiger partial charge is 0.317 e. The van der Waals surface area contributed by atoms with E-state index in [-0.39, 0.29) is 18.1 Å². The average molecular weight is 359 g/mol. The van der Waals surface area contributed by atoms with Gasteiger partial charge in [-0.05, 0) is 51.0 Å². The van der Waals surface area contributed by atoms with Crippen LogP contribution < -0.4 is 4.90 Å². The van der Waals surface area contributed by atoms with E-state index in [9.17, 15) is 4.79 Å². The normalized spacial score (nSPS) is 21.8. The number of anilines is 1. The Bertz CT molecular complexity index is 864. The van der Waals surface area contributed by atoms with Crippen LogP contribution in [0.15, 0.2) is 48.7 Å². The van der Waals surface area contributed by atoms with E-state index in [0.29, 0.717) is 6.04 Å². The number of benzene rings is 1. The van der Waals surface area contributed by atoms with E-state index in [1.165, 1.54) is 12.8 Å². The van der Waals surface area contributed by atoms with E-state index in [1.807, 2.05) is 47.4 Å². The van der Waals surface area contributed by atoms with Crippen LogP contribution >= 0.6 is 0 Å². The number of fused-ring (bicyclic) bond motifs is 1. The molecule has 0 radical (unpaired) electrons. The summed E-state index contributed by atoms with van der Waals surface area (Å²) in [6, 6.07) is 14.7. The van der Waals surface area contributed by atoms with Crippen molar-refractivity contribution in [2.75, 3.05) is 4.90 Å². The Morgan fingerprint density at radius 2 is 1.67 bits per heavy atom. The van der Waals surface area contributed by atoms with Crippen LogP contribution in [0, 0.1) is 11.8 Å². The molecule has 1 aromatic heterocycles. The van der Waals surface area contributed by atoms with Crippen LogP contribution in [0.3, 0.4) is 0 Å². The van der Waals surface area contributed by atoms with Gasteiger partial charge in [-0.3, -0.25) is 4.90 Å². The van der Waals surface area contributed by atoms with Gasteiger partial charge in [-0.15, -0.1) is 0 Å². The number of hydrogen-bond donors (Lipinski definition) is 0. The monoisotopic (exact) mass is 359 g/mol. The molecule has 1 saturated carbocycles. The van der Waals surface area contributed by atoms with Crippen molar-refractivity contribution in [3.8, 4) is 11.8 Å². The first-order chi connectivity index (χ1) is 13.1. The van der Waals surface area contributed by atoms with Gasteiger partial charge >= 0.3 is 6.03 Å². The van der Waals surface area contributed by atoms with E-state index in [0.717, 1.165) is 29.8 Å². The number of aromatic nitrogens is 1. The SMILES string of the molecule is CC(C)N1C(=O)N(c2ccc(C#Cc3ccccc3)cn2)C2CCCCC21. The van der Waals surface area contributed by atoms with Crippen LogP contribution in [0.25, 0.3) is 0 Å². The highest BCUT2D eigenvalue weighted by atomic mass is 16.2. The Morgan fingerprint density at radius 3 is 2.33 bits per heavy atom. The fourth-order valence-corrected chi connectivity index (χ4v) is 4.27. The minimum absolute atomic E-state index is 0.0949. The molecule has 1 saturated heterocycles. The summed E-state index contributed by atoms with van der Waals surface area (Å²) in [5.41, 5.74) is 1.84. The van der Waals surface area contributed by atoms with Crippen LogP contribution in [-0.4, -0.2) is 34.0 Å². The molecule has 2 aromatic rings. The molecule has 2 amide bonds. The summed E-state index contributed by atoms with van der Waals surface area (Å²) in [6.07, 6.45) is 6.29. The zero-order valence-corrected chi connectivity index (χ0v) is 15.9. The molecule has 0 N–H and O–H groups in total. The Labute approximate surface area is 161 Å². The molecular weight excluding hydrogens is 334 g/mol. The molecule has 2 atom stereocenters. The molecule has 2 heterocycles. The second-order valence-corrected chi connectivity index (χ2v) is 7.59. The first-order valence-corrected chi connectivity index (χ1v) is 9.80. The van der Waals surface area contributed by atoms with Gasteiger partial charge in [-0.2, -0.15) is 0 Å². The first-order valence-electron chi connectivity index (χ1n) is 9.80. The van der Waals surface area contributed by atoms with E-state index in [1.54, 1.807) is 6.20 Å². The fourth-order valence-electron chi connectivity index (χ4n) is 4.27. The van der Waals surface area contributed by atoms with Gasteiger partial charge in [-0.1, -0.05) is 42.9 Å². The fraction of sp³-hybridized carbons (Fsp3) is 0.391. The van der Waals surface area contributed by atoms with Crippen molar-refractivity contribution in [3.63, 3.8) is 0 Å². The average Bonchev–Trinajstić information content (AvgIpc) is 2.99. The third-order valence-electron chi connectivity index (χ3n) is 5.49. The molecule has 1 aromatic carbocycles. The maximum absolute atomic E-state index is 13.1. The molecule has 138 valence electrons. The number of pyridine rings is 1. The Morgan fingerprint density at radius 1 is 0.963 bits per heavy atom. The van der Waals surface area contributed by atoms with Gasteiger partial charge in [-0.25, -0.2) is 9.78 Å². The van der Waals surface area contributed by atoms with Crippen LogP contribution in [-0.2, 0) is 0 Å². The molecule has 0 spiro atoms. The third-order valence-corrected chi connectivity index (χ3v) is 5.49. The van der Waals surface area contributed by atoms with Gasteiger partial charge in [0, 0.05) is 23.4 Å². The van der Waals surface area contributed by atoms with Crippen molar-refractivity contribution < 1.29 is 4.79 Å². The van der Waals surface area contributed by atoms with Crippen LogP contribution in [0.4, 0.5) is 10.6 Å². The van der Waals surface area contributed by atoms with Crippen LogP contribution in [0.2, 0.25) is 0 Å². The van der Waals surface area contributed by atoms with Gasteiger partial charge in [0.05, 0.1) is 12.1 Å². The number of hydrogen-bond acceptors (Lipinski definition) is 2. The second-order valence-electron chi connectivity index (χ2n) is 7.59. The molecule has 27 heavy (non-hydrogen) atoms. The Balaban J connectivity index is 1.58. The highest BCUT2D eigenvalue weighted by Crippen LogP contribution is 2.37. The molecule has 1 aliphatic heterocycles. The molecule has 1 aliphatic carbocycles. The van der Waals surface area contributed by atoms with E-state index < -0.39 is 0 Å². The summed E-state index contributed by atoms with van der Waals surface area (Å²) < 4.78 is 0. The van der Waals surface area contributed by atoms with Gasteiger partial charge in [0.1, 0.15) is 5.82 Å². The number of nitrogens with zero attached hydrogens (tertiary/aromatic N) is 3. The minimum atomic E-state index is 0.0949. The summed E-state index contributed by atoms with van der Waals surface area (Å²) in [4.78, 5) is 21.6. The van der Waals surface area contributed by atoms with Crippen molar-refractivity contribution in [3.05, 3.63) is 59.8 Å². The molecular formula is C23H25N3O. The van der Waals surface area contributed by atoms with Crippen LogP contribution in [0.5, 0.6) is 0 Å². The molecule has 2 unspecified atom stereocenters. The molecule has 2 fully saturated rings. The lowest BCUT2D eigenvalue weighted by Gasteiger charge is -2.33. The summed E-state index contributed by atoms with van der Waals surface area (Å²) in [5, 5.41) is 0. The summed E-state index contributed by atoms with van der Waals surface area (Å²) in [5.74, 6) is 7.04. The summed E-state index contributed by atoms with van der Waals surface area (Å²) in [6.45, 7) is 4.20. The number of rotatable bonds is 2. The number of carbonyl (C=O) groups excluding carboxylic acids is 1. The number of urea groups is 1. The predicted octanol–water partition coefficient (Wildman–Crippen LogP) is 4.44. The quantitative estimate of drug-likeness (QED) is 0.743. The molecule has 4 heteroatoms. The second kappa shape index (κ2) is 7.44. The molecule has 0 bridgehead atoms. The minimum Gasteiger partial charge on any atom is -0.317 e. The zero-order valence-electron chi connectivity index (χ0n) is 15.9. The molecule has 4 rings (SSSR count). The maximum atomic E-state index is 13.1. The van der Waals surface area contributed by atoms with Crippen molar-refractivity contribution in [2.24, 2.45) is 0 Å². The van der Waals surface area contributed by atoms with Gasteiger partial charge in [0.2, 0.25) is 0 Å². The van der Waals surface area contributed by atoms with E-state index in [2.05, 4.69) is 35.6 Å².